The minimum absolute atomic E-state index is 0.566. The monoisotopic (exact) mass is 267 g/mol. The summed E-state index contributed by atoms with van der Waals surface area (Å²) in [6.45, 7) is 6.56. The van der Waals surface area contributed by atoms with Crippen molar-refractivity contribution in [1.29, 1.82) is 0 Å². The summed E-state index contributed by atoms with van der Waals surface area (Å²) < 4.78 is 0. The van der Waals surface area contributed by atoms with Gasteiger partial charge in [-0.3, -0.25) is 0 Å². The maximum absolute atomic E-state index is 5.97. The molecule has 1 aromatic rings. The highest BCUT2D eigenvalue weighted by molar-refractivity contribution is 6.17. The first kappa shape index (κ1) is 13.6. The van der Waals surface area contributed by atoms with Gasteiger partial charge in [0.2, 0.25) is 0 Å². The quantitative estimate of drug-likeness (QED) is 0.785. The number of likely N-dealkylation sites (N-methyl/N-ethyl adjacent to an activating group) is 1. The van der Waals surface area contributed by atoms with E-state index in [2.05, 4.69) is 35.9 Å². The molecule has 0 N–H and O–H groups in total. The Hall–Kier alpha value is -0.800. The zero-order valence-corrected chi connectivity index (χ0v) is 12.1. The topological polar surface area (TPSA) is 19.4 Å². The van der Waals surface area contributed by atoms with Crippen molar-refractivity contribution in [1.82, 2.24) is 9.88 Å². The van der Waals surface area contributed by atoms with Gasteiger partial charge in [0.15, 0.2) is 0 Å². The Balaban J connectivity index is 2.20. The Kier molecular flexibility index (Phi) is 4.84. The van der Waals surface area contributed by atoms with Gasteiger partial charge in [-0.05, 0) is 44.1 Å². The van der Waals surface area contributed by atoms with E-state index in [4.69, 9.17) is 16.6 Å². The van der Waals surface area contributed by atoms with Crippen molar-refractivity contribution in [3.8, 4) is 0 Å². The van der Waals surface area contributed by atoms with E-state index in [9.17, 15) is 0 Å². The molecule has 0 spiro atoms. The van der Waals surface area contributed by atoms with Gasteiger partial charge in [-0.25, -0.2) is 4.98 Å². The summed E-state index contributed by atoms with van der Waals surface area (Å²) in [6, 6.07) is 4.25. The van der Waals surface area contributed by atoms with Gasteiger partial charge in [-0.1, -0.05) is 6.92 Å². The van der Waals surface area contributed by atoms with Gasteiger partial charge >= 0.3 is 0 Å². The molecule has 3 nitrogen and oxygen atoms in total. The highest BCUT2D eigenvalue weighted by Crippen LogP contribution is 2.18. The van der Waals surface area contributed by atoms with Gasteiger partial charge in [0, 0.05) is 31.2 Å². The molecule has 18 heavy (non-hydrogen) atoms. The molecule has 2 heterocycles. The van der Waals surface area contributed by atoms with Gasteiger partial charge in [-0.15, -0.1) is 11.6 Å². The van der Waals surface area contributed by atoms with Crippen molar-refractivity contribution in [2.24, 2.45) is 0 Å². The number of hydrogen-bond acceptors (Lipinski definition) is 3. The van der Waals surface area contributed by atoms with Crippen LogP contribution in [-0.4, -0.2) is 43.1 Å². The van der Waals surface area contributed by atoms with E-state index in [0.29, 0.717) is 5.88 Å². The Morgan fingerprint density at radius 2 is 2.06 bits per heavy atom. The van der Waals surface area contributed by atoms with E-state index in [1.165, 1.54) is 18.5 Å². The number of aromatic nitrogens is 1. The van der Waals surface area contributed by atoms with Crippen LogP contribution in [0.15, 0.2) is 12.1 Å². The van der Waals surface area contributed by atoms with Crippen molar-refractivity contribution in [2.45, 2.75) is 25.6 Å². The van der Waals surface area contributed by atoms with Crippen LogP contribution in [0.1, 0.15) is 24.6 Å². The summed E-state index contributed by atoms with van der Waals surface area (Å²) >= 11 is 5.97. The number of pyridine rings is 1. The number of halogens is 1. The van der Waals surface area contributed by atoms with Crippen LogP contribution in [0.25, 0.3) is 0 Å². The highest BCUT2D eigenvalue weighted by atomic mass is 35.5. The number of rotatable bonds is 3. The van der Waals surface area contributed by atoms with Crippen LogP contribution in [-0.2, 0) is 12.3 Å². The van der Waals surface area contributed by atoms with Gasteiger partial charge < -0.3 is 9.80 Å². The van der Waals surface area contributed by atoms with Gasteiger partial charge in [-0.2, -0.15) is 0 Å². The number of nitrogens with zero attached hydrogens (tertiary/aromatic N) is 3. The van der Waals surface area contributed by atoms with Gasteiger partial charge in [0.05, 0.1) is 0 Å². The number of aryl methyl sites for hydroxylation is 1. The van der Waals surface area contributed by atoms with Crippen molar-refractivity contribution in [3.05, 3.63) is 23.4 Å². The lowest BCUT2D eigenvalue weighted by molar-refractivity contribution is 0.360. The predicted octanol–water partition coefficient (Wildman–Crippen LogP) is 2.52. The lowest BCUT2D eigenvalue weighted by atomic mass is 10.2. The summed E-state index contributed by atoms with van der Waals surface area (Å²) in [5.41, 5.74) is 2.32. The smallest absolute Gasteiger partial charge is 0.129 e. The summed E-state index contributed by atoms with van der Waals surface area (Å²) in [6.07, 6.45) is 2.16. The third kappa shape index (κ3) is 3.36. The van der Waals surface area contributed by atoms with Crippen LogP contribution < -0.4 is 4.90 Å². The molecular formula is C14H22ClN3. The molecule has 100 valence electrons. The number of anilines is 1. The second-order valence-electron chi connectivity index (χ2n) is 4.96. The van der Waals surface area contributed by atoms with E-state index in [-0.39, 0.29) is 0 Å². The lowest BCUT2D eigenvalue weighted by Gasteiger charge is -2.22. The summed E-state index contributed by atoms with van der Waals surface area (Å²) in [5.74, 6) is 1.66. The Morgan fingerprint density at radius 1 is 1.22 bits per heavy atom. The molecule has 1 fully saturated rings. The standard InChI is InChI=1S/C14H22ClN3/c1-3-13-9-12(11-15)10-14(16-13)18-6-4-5-17(2)7-8-18/h9-10H,3-8,11H2,1-2H3. The zero-order valence-electron chi connectivity index (χ0n) is 11.3. The first-order chi connectivity index (χ1) is 8.72. The Bertz CT molecular complexity index is 372. The zero-order chi connectivity index (χ0) is 13.0. The maximum Gasteiger partial charge on any atom is 0.129 e. The van der Waals surface area contributed by atoms with Crippen LogP contribution in [0.3, 0.4) is 0 Å². The maximum atomic E-state index is 5.97. The molecule has 0 radical (unpaired) electrons. The third-order valence-electron chi connectivity index (χ3n) is 3.48. The van der Waals surface area contributed by atoms with Crippen molar-refractivity contribution < 1.29 is 0 Å². The van der Waals surface area contributed by atoms with E-state index in [0.717, 1.165) is 37.6 Å². The lowest BCUT2D eigenvalue weighted by Crippen LogP contribution is -2.29. The molecule has 1 aliphatic heterocycles. The summed E-state index contributed by atoms with van der Waals surface area (Å²) in [4.78, 5) is 9.51. The van der Waals surface area contributed by atoms with E-state index >= 15 is 0 Å². The minimum atomic E-state index is 0.566. The fourth-order valence-electron chi connectivity index (χ4n) is 2.33. The molecule has 0 saturated carbocycles. The highest BCUT2D eigenvalue weighted by Gasteiger charge is 2.14. The van der Waals surface area contributed by atoms with Crippen LogP contribution in [0, 0.1) is 0 Å². The van der Waals surface area contributed by atoms with E-state index < -0.39 is 0 Å². The van der Waals surface area contributed by atoms with Crippen LogP contribution in [0.4, 0.5) is 5.82 Å². The molecule has 1 aliphatic rings. The molecule has 0 atom stereocenters. The van der Waals surface area contributed by atoms with E-state index in [1.54, 1.807) is 0 Å². The molecule has 0 unspecified atom stereocenters. The minimum Gasteiger partial charge on any atom is -0.355 e. The van der Waals surface area contributed by atoms with Crippen LogP contribution in [0.5, 0.6) is 0 Å². The normalized spacial score (nSPS) is 17.8. The number of hydrogen-bond donors (Lipinski definition) is 0. The largest absolute Gasteiger partial charge is 0.355 e. The molecular weight excluding hydrogens is 246 g/mol. The molecule has 2 rings (SSSR count). The molecule has 0 bridgehead atoms. The molecule has 1 aromatic heterocycles. The summed E-state index contributed by atoms with van der Waals surface area (Å²) in [7, 11) is 2.18. The molecule has 1 saturated heterocycles. The molecule has 0 amide bonds. The van der Waals surface area contributed by atoms with Gasteiger partial charge in [0.25, 0.3) is 0 Å². The first-order valence-electron chi connectivity index (χ1n) is 6.72. The Labute approximate surface area is 115 Å². The average Bonchev–Trinajstić information content (AvgIpc) is 2.63. The molecule has 4 heteroatoms. The van der Waals surface area contributed by atoms with Crippen molar-refractivity contribution >= 4 is 17.4 Å². The van der Waals surface area contributed by atoms with Crippen molar-refractivity contribution in [2.75, 3.05) is 38.1 Å². The predicted molar refractivity (Wildman–Crippen MR) is 77.5 cm³/mol. The SMILES string of the molecule is CCc1cc(CCl)cc(N2CCCN(C)CC2)n1. The summed E-state index contributed by atoms with van der Waals surface area (Å²) in [5, 5.41) is 0. The van der Waals surface area contributed by atoms with E-state index in [1.807, 2.05) is 0 Å². The third-order valence-corrected chi connectivity index (χ3v) is 3.79. The molecule has 0 aromatic carbocycles. The van der Waals surface area contributed by atoms with Crippen LogP contribution in [0.2, 0.25) is 0 Å². The van der Waals surface area contributed by atoms with Crippen LogP contribution >= 0.6 is 11.6 Å². The fraction of sp³-hybridized carbons (Fsp3) is 0.643. The second kappa shape index (κ2) is 6.39. The fourth-order valence-corrected chi connectivity index (χ4v) is 2.48. The first-order valence-corrected chi connectivity index (χ1v) is 7.25. The molecule has 0 aliphatic carbocycles. The second-order valence-corrected chi connectivity index (χ2v) is 5.22. The Morgan fingerprint density at radius 3 is 2.78 bits per heavy atom. The number of alkyl halides is 1. The average molecular weight is 268 g/mol. The van der Waals surface area contributed by atoms with Gasteiger partial charge in [0.1, 0.15) is 5.82 Å². The van der Waals surface area contributed by atoms with Crippen molar-refractivity contribution in [3.63, 3.8) is 0 Å².